The second-order valence-electron chi connectivity index (χ2n) is 2.04. The summed E-state index contributed by atoms with van der Waals surface area (Å²) in [6.07, 6.45) is 1.53. The van der Waals surface area contributed by atoms with Crippen molar-refractivity contribution in [3.05, 3.63) is 11.8 Å². The van der Waals surface area contributed by atoms with E-state index in [4.69, 9.17) is 5.26 Å². The zero-order valence-electron chi connectivity index (χ0n) is 5.59. The number of hydrogen-bond acceptors (Lipinski definition) is 2. The van der Waals surface area contributed by atoms with Gasteiger partial charge in [0.2, 0.25) is 0 Å². The van der Waals surface area contributed by atoms with E-state index in [9.17, 15) is 4.79 Å². The summed E-state index contributed by atoms with van der Waals surface area (Å²) in [6.45, 7) is 0.347. The van der Waals surface area contributed by atoms with Crippen molar-refractivity contribution < 1.29 is 4.79 Å². The normalized spacial score (nSPS) is 17.4. The molecule has 0 aromatic carbocycles. The standard InChI is InChI=1S/C6H7N3O/c1-9-4-5(2-7)3-8-6(9)10/h4H,3H2,1H3,(H,8,10). The molecule has 0 radical (unpaired) electrons. The maximum atomic E-state index is 10.7. The second-order valence-corrected chi connectivity index (χ2v) is 2.04. The van der Waals surface area contributed by atoms with E-state index in [0.717, 1.165) is 0 Å². The SMILES string of the molecule is CN1C=C(C#N)CNC1=O. The van der Waals surface area contributed by atoms with Crippen LogP contribution >= 0.6 is 0 Å². The smallest absolute Gasteiger partial charge is 0.321 e. The first-order valence-corrected chi connectivity index (χ1v) is 2.85. The summed E-state index contributed by atoms with van der Waals surface area (Å²) < 4.78 is 0. The Labute approximate surface area is 58.7 Å². The molecule has 0 fully saturated rings. The molecule has 4 nitrogen and oxygen atoms in total. The summed E-state index contributed by atoms with van der Waals surface area (Å²) in [4.78, 5) is 12.1. The van der Waals surface area contributed by atoms with Crippen molar-refractivity contribution in [2.45, 2.75) is 0 Å². The minimum Gasteiger partial charge on any atom is -0.333 e. The van der Waals surface area contributed by atoms with E-state index < -0.39 is 0 Å². The van der Waals surface area contributed by atoms with Crippen LogP contribution in [0.25, 0.3) is 0 Å². The van der Waals surface area contributed by atoms with E-state index in [0.29, 0.717) is 12.1 Å². The highest BCUT2D eigenvalue weighted by atomic mass is 16.2. The first kappa shape index (κ1) is 6.62. The number of carbonyl (C=O) groups excluding carboxylic acids is 1. The topological polar surface area (TPSA) is 56.1 Å². The molecule has 1 rings (SSSR count). The van der Waals surface area contributed by atoms with Crippen LogP contribution in [0.1, 0.15) is 0 Å². The first-order chi connectivity index (χ1) is 4.74. The van der Waals surface area contributed by atoms with Crippen LogP contribution < -0.4 is 5.32 Å². The fourth-order valence-electron chi connectivity index (χ4n) is 0.702. The van der Waals surface area contributed by atoms with Crippen LogP contribution in [0, 0.1) is 11.3 Å². The van der Waals surface area contributed by atoms with Gasteiger partial charge in [0.15, 0.2) is 0 Å². The summed E-state index contributed by atoms with van der Waals surface area (Å²) in [5, 5.41) is 10.9. The Morgan fingerprint density at radius 2 is 2.60 bits per heavy atom. The van der Waals surface area contributed by atoms with Crippen molar-refractivity contribution in [1.29, 1.82) is 5.26 Å². The van der Waals surface area contributed by atoms with Gasteiger partial charge in [-0.25, -0.2) is 4.79 Å². The van der Waals surface area contributed by atoms with Crippen molar-refractivity contribution >= 4 is 6.03 Å². The Kier molecular flexibility index (Phi) is 1.59. The van der Waals surface area contributed by atoms with Gasteiger partial charge >= 0.3 is 6.03 Å². The van der Waals surface area contributed by atoms with Gasteiger partial charge in [0.05, 0.1) is 18.2 Å². The molecule has 1 aliphatic heterocycles. The number of nitriles is 1. The van der Waals surface area contributed by atoms with Crippen LogP contribution in [0.15, 0.2) is 11.8 Å². The molecule has 4 heteroatoms. The fraction of sp³-hybridized carbons (Fsp3) is 0.333. The Hall–Kier alpha value is -1.50. The van der Waals surface area contributed by atoms with Gasteiger partial charge in [-0.15, -0.1) is 0 Å². The zero-order valence-corrected chi connectivity index (χ0v) is 5.59. The molecule has 0 bridgehead atoms. The average Bonchev–Trinajstić information content (AvgIpc) is 1.95. The number of nitrogens with one attached hydrogen (secondary N) is 1. The lowest BCUT2D eigenvalue weighted by Gasteiger charge is -2.18. The molecule has 1 aliphatic rings. The molecule has 10 heavy (non-hydrogen) atoms. The molecule has 1 heterocycles. The molecule has 0 saturated heterocycles. The highest BCUT2D eigenvalue weighted by Gasteiger charge is 2.12. The number of amides is 2. The third kappa shape index (κ3) is 1.08. The third-order valence-electron chi connectivity index (χ3n) is 1.24. The maximum absolute atomic E-state index is 10.7. The van der Waals surface area contributed by atoms with Crippen LogP contribution in [0.2, 0.25) is 0 Å². The number of urea groups is 1. The van der Waals surface area contributed by atoms with Gasteiger partial charge in [0.1, 0.15) is 0 Å². The highest BCUT2D eigenvalue weighted by Crippen LogP contribution is 1.99. The number of nitrogens with zero attached hydrogens (tertiary/aromatic N) is 2. The largest absolute Gasteiger partial charge is 0.333 e. The summed E-state index contributed by atoms with van der Waals surface area (Å²) in [6, 6.07) is 1.79. The van der Waals surface area contributed by atoms with E-state index >= 15 is 0 Å². The first-order valence-electron chi connectivity index (χ1n) is 2.85. The van der Waals surface area contributed by atoms with Gasteiger partial charge in [0, 0.05) is 13.2 Å². The Bertz CT molecular complexity index is 226. The fourth-order valence-corrected chi connectivity index (χ4v) is 0.702. The average molecular weight is 137 g/mol. The zero-order chi connectivity index (χ0) is 7.56. The molecule has 0 aliphatic carbocycles. The predicted molar refractivity (Wildman–Crippen MR) is 34.9 cm³/mol. The molecule has 0 atom stereocenters. The molecular weight excluding hydrogens is 130 g/mol. The minimum atomic E-state index is -0.168. The van der Waals surface area contributed by atoms with Gasteiger partial charge in [0.25, 0.3) is 0 Å². The molecule has 0 spiro atoms. The lowest BCUT2D eigenvalue weighted by molar-refractivity contribution is 0.220. The van der Waals surface area contributed by atoms with Gasteiger partial charge in [-0.2, -0.15) is 5.26 Å². The van der Waals surface area contributed by atoms with E-state index in [2.05, 4.69) is 5.32 Å². The van der Waals surface area contributed by atoms with Crippen molar-refractivity contribution in [3.8, 4) is 6.07 Å². The van der Waals surface area contributed by atoms with Crippen LogP contribution in [0.4, 0.5) is 4.79 Å². The predicted octanol–water partition coefficient (Wildman–Crippen LogP) is 0.0489. The van der Waals surface area contributed by atoms with Crippen LogP contribution in [-0.2, 0) is 0 Å². The Balaban J connectivity index is 2.77. The van der Waals surface area contributed by atoms with Crippen molar-refractivity contribution in [2.24, 2.45) is 0 Å². The summed E-state index contributed by atoms with van der Waals surface area (Å²) >= 11 is 0. The van der Waals surface area contributed by atoms with E-state index in [-0.39, 0.29) is 6.03 Å². The molecule has 1 N–H and O–H groups in total. The van der Waals surface area contributed by atoms with Gasteiger partial charge in [-0.1, -0.05) is 0 Å². The van der Waals surface area contributed by atoms with Gasteiger partial charge in [-0.3, -0.25) is 0 Å². The van der Waals surface area contributed by atoms with Crippen LogP contribution in [0.5, 0.6) is 0 Å². The van der Waals surface area contributed by atoms with E-state index in [1.807, 2.05) is 6.07 Å². The minimum absolute atomic E-state index is 0.168. The van der Waals surface area contributed by atoms with Crippen LogP contribution in [-0.4, -0.2) is 24.5 Å². The highest BCUT2D eigenvalue weighted by molar-refractivity contribution is 5.77. The van der Waals surface area contributed by atoms with Crippen molar-refractivity contribution in [1.82, 2.24) is 10.2 Å². The van der Waals surface area contributed by atoms with E-state index in [1.54, 1.807) is 7.05 Å². The monoisotopic (exact) mass is 137 g/mol. The van der Waals surface area contributed by atoms with E-state index in [1.165, 1.54) is 11.1 Å². The van der Waals surface area contributed by atoms with Crippen molar-refractivity contribution in [3.63, 3.8) is 0 Å². The number of hydrogen-bond donors (Lipinski definition) is 1. The quantitative estimate of drug-likeness (QED) is 0.512. The number of rotatable bonds is 0. The summed E-state index contributed by atoms with van der Waals surface area (Å²) in [5.74, 6) is 0. The molecule has 52 valence electrons. The molecule has 0 saturated carbocycles. The van der Waals surface area contributed by atoms with Crippen LogP contribution in [0.3, 0.4) is 0 Å². The number of carbonyl (C=O) groups is 1. The Morgan fingerprint density at radius 3 is 3.10 bits per heavy atom. The lowest BCUT2D eigenvalue weighted by atomic mass is 10.3. The third-order valence-corrected chi connectivity index (χ3v) is 1.24. The maximum Gasteiger partial charge on any atom is 0.321 e. The second kappa shape index (κ2) is 2.40. The lowest BCUT2D eigenvalue weighted by Crippen LogP contribution is -2.39. The molecule has 0 unspecified atom stereocenters. The molecule has 0 aromatic rings. The molecule has 2 amide bonds. The Morgan fingerprint density at radius 1 is 1.90 bits per heavy atom. The summed E-state index contributed by atoms with van der Waals surface area (Å²) in [5.41, 5.74) is 0.571. The molecule has 0 aromatic heterocycles. The van der Waals surface area contributed by atoms with Gasteiger partial charge < -0.3 is 10.2 Å². The molecular formula is C6H7N3O. The van der Waals surface area contributed by atoms with Crippen molar-refractivity contribution in [2.75, 3.05) is 13.6 Å². The van der Waals surface area contributed by atoms with Gasteiger partial charge in [-0.05, 0) is 0 Å². The summed E-state index contributed by atoms with van der Waals surface area (Å²) in [7, 11) is 1.60.